The lowest BCUT2D eigenvalue weighted by atomic mass is 10.2. The largest absolute Gasteiger partial charge is 0.318 e. The average molecular weight is 234 g/mol. The Morgan fingerprint density at radius 1 is 1.12 bits per heavy atom. The van der Waals surface area contributed by atoms with Gasteiger partial charge in [-0.2, -0.15) is 0 Å². The highest BCUT2D eigenvalue weighted by atomic mass is 15.1. The predicted octanol–water partition coefficient (Wildman–Crippen LogP) is 2.90. The van der Waals surface area contributed by atoms with Crippen molar-refractivity contribution in [3.05, 3.63) is 35.9 Å². The molecule has 2 heteroatoms. The van der Waals surface area contributed by atoms with Crippen LogP contribution in [-0.2, 0) is 6.54 Å². The van der Waals surface area contributed by atoms with Crippen LogP contribution in [0.25, 0.3) is 0 Å². The third-order valence-electron chi connectivity index (χ3n) is 3.03. The van der Waals surface area contributed by atoms with Crippen LogP contribution in [0.4, 0.5) is 0 Å². The van der Waals surface area contributed by atoms with E-state index in [4.69, 9.17) is 0 Å². The van der Waals surface area contributed by atoms with E-state index in [0.717, 1.165) is 6.54 Å². The van der Waals surface area contributed by atoms with Gasteiger partial charge in [-0.3, -0.25) is 4.90 Å². The predicted molar refractivity (Wildman–Crippen MR) is 75.1 cm³/mol. The van der Waals surface area contributed by atoms with Crippen LogP contribution in [0.5, 0.6) is 0 Å². The maximum Gasteiger partial charge on any atom is 0.0233 e. The molecule has 0 saturated carbocycles. The van der Waals surface area contributed by atoms with Gasteiger partial charge in [-0.25, -0.2) is 0 Å². The Hall–Kier alpha value is -0.860. The minimum absolute atomic E-state index is 0.634. The molecule has 2 rings (SSSR count). The molecular weight excluding hydrogens is 208 g/mol. The van der Waals surface area contributed by atoms with E-state index in [1.807, 2.05) is 7.05 Å². The van der Waals surface area contributed by atoms with Crippen molar-refractivity contribution in [1.29, 1.82) is 0 Å². The first-order valence-electron chi connectivity index (χ1n) is 6.66. The molecule has 1 heterocycles. The van der Waals surface area contributed by atoms with Crippen LogP contribution in [0.2, 0.25) is 0 Å². The second-order valence-electron chi connectivity index (χ2n) is 4.91. The van der Waals surface area contributed by atoms with Gasteiger partial charge in [-0.05, 0) is 38.5 Å². The fraction of sp³-hybridized carbons (Fsp3) is 0.600. The molecule has 0 spiro atoms. The number of hydrogen-bond acceptors (Lipinski definition) is 2. The summed E-state index contributed by atoms with van der Waals surface area (Å²) in [6.45, 7) is 7.94. The number of nitrogens with zero attached hydrogens (tertiary/aromatic N) is 1. The molecule has 0 bridgehead atoms. The van der Waals surface area contributed by atoms with E-state index < -0.39 is 0 Å². The molecular formula is C15H26N2. The summed E-state index contributed by atoms with van der Waals surface area (Å²) in [5, 5.41) is 3.03. The number of rotatable bonds is 3. The van der Waals surface area contributed by atoms with E-state index in [-0.39, 0.29) is 0 Å². The molecule has 2 nitrogen and oxygen atoms in total. The summed E-state index contributed by atoms with van der Waals surface area (Å²) in [6.07, 6.45) is 2.76. The van der Waals surface area contributed by atoms with Crippen LogP contribution >= 0.6 is 0 Å². The minimum Gasteiger partial charge on any atom is -0.318 e. The van der Waals surface area contributed by atoms with Gasteiger partial charge in [0.25, 0.3) is 0 Å². The summed E-state index contributed by atoms with van der Waals surface area (Å²) in [5.41, 5.74) is 1.44. The van der Waals surface area contributed by atoms with Crippen molar-refractivity contribution in [2.24, 2.45) is 0 Å². The summed E-state index contributed by atoms with van der Waals surface area (Å²) < 4.78 is 0. The molecule has 0 aliphatic carbocycles. The maximum atomic E-state index is 3.03. The zero-order valence-electron chi connectivity index (χ0n) is 11.4. The van der Waals surface area contributed by atoms with Gasteiger partial charge >= 0.3 is 0 Å². The van der Waals surface area contributed by atoms with Crippen molar-refractivity contribution in [2.45, 2.75) is 39.3 Å². The van der Waals surface area contributed by atoms with Gasteiger partial charge < -0.3 is 5.32 Å². The molecule has 1 N–H and O–H groups in total. The summed E-state index contributed by atoms with van der Waals surface area (Å²) >= 11 is 0. The summed E-state index contributed by atoms with van der Waals surface area (Å²) in [7, 11) is 1.95. The van der Waals surface area contributed by atoms with Gasteiger partial charge in [-0.1, -0.05) is 44.2 Å². The van der Waals surface area contributed by atoms with Gasteiger partial charge in [0, 0.05) is 12.6 Å². The molecule has 1 aliphatic heterocycles. The molecule has 1 saturated heterocycles. The summed E-state index contributed by atoms with van der Waals surface area (Å²) in [5.74, 6) is 0. The standard InChI is InChI=1S/C11H15N.C4H11N/c1-2-6-11(7-3-1)10-12-8-4-5-9-12;1-4(2)5-3/h1-3,6-7H,4-5,8-10H2;4-5H,1-3H3. The van der Waals surface area contributed by atoms with E-state index in [0.29, 0.717) is 6.04 Å². The Bertz CT molecular complexity index is 276. The fourth-order valence-electron chi connectivity index (χ4n) is 1.78. The molecule has 1 fully saturated rings. The van der Waals surface area contributed by atoms with Crippen LogP contribution in [0.15, 0.2) is 30.3 Å². The highest BCUT2D eigenvalue weighted by Gasteiger charge is 2.10. The highest BCUT2D eigenvalue weighted by molar-refractivity contribution is 5.14. The Labute approximate surface area is 106 Å². The molecule has 17 heavy (non-hydrogen) atoms. The van der Waals surface area contributed by atoms with E-state index in [1.54, 1.807) is 0 Å². The van der Waals surface area contributed by atoms with Crippen molar-refractivity contribution >= 4 is 0 Å². The zero-order valence-corrected chi connectivity index (χ0v) is 11.4. The van der Waals surface area contributed by atoms with Crippen molar-refractivity contribution in [3.8, 4) is 0 Å². The van der Waals surface area contributed by atoms with Gasteiger partial charge in [0.15, 0.2) is 0 Å². The number of likely N-dealkylation sites (tertiary alicyclic amines) is 1. The molecule has 0 atom stereocenters. The molecule has 0 amide bonds. The average Bonchev–Trinajstić information content (AvgIpc) is 2.84. The van der Waals surface area contributed by atoms with Crippen LogP contribution in [0.1, 0.15) is 32.3 Å². The lowest BCUT2D eigenvalue weighted by molar-refractivity contribution is 0.331. The molecule has 96 valence electrons. The molecule has 0 aromatic heterocycles. The number of benzene rings is 1. The van der Waals surface area contributed by atoms with E-state index >= 15 is 0 Å². The van der Waals surface area contributed by atoms with Crippen molar-refractivity contribution in [2.75, 3.05) is 20.1 Å². The first-order chi connectivity index (χ1) is 8.22. The topological polar surface area (TPSA) is 15.3 Å². The van der Waals surface area contributed by atoms with Crippen LogP contribution in [-0.4, -0.2) is 31.1 Å². The van der Waals surface area contributed by atoms with E-state index in [9.17, 15) is 0 Å². The van der Waals surface area contributed by atoms with Gasteiger partial charge in [-0.15, -0.1) is 0 Å². The normalized spacial score (nSPS) is 15.8. The van der Waals surface area contributed by atoms with Gasteiger partial charge in [0.05, 0.1) is 0 Å². The number of nitrogens with one attached hydrogen (secondary N) is 1. The highest BCUT2D eigenvalue weighted by Crippen LogP contribution is 2.11. The van der Waals surface area contributed by atoms with Crippen molar-refractivity contribution in [1.82, 2.24) is 10.2 Å². The lowest BCUT2D eigenvalue weighted by Gasteiger charge is -2.13. The SMILES string of the molecule is CNC(C)C.c1ccc(CN2CCCC2)cc1. The molecule has 1 aromatic rings. The lowest BCUT2D eigenvalue weighted by Crippen LogP contribution is -2.18. The molecule has 1 aromatic carbocycles. The monoisotopic (exact) mass is 234 g/mol. The van der Waals surface area contributed by atoms with Gasteiger partial charge in [0.2, 0.25) is 0 Å². The molecule has 0 unspecified atom stereocenters. The zero-order chi connectivity index (χ0) is 12.5. The molecule has 1 aliphatic rings. The van der Waals surface area contributed by atoms with Crippen LogP contribution in [0, 0.1) is 0 Å². The third kappa shape index (κ3) is 6.44. The van der Waals surface area contributed by atoms with Crippen LogP contribution < -0.4 is 5.32 Å². The van der Waals surface area contributed by atoms with Gasteiger partial charge in [0.1, 0.15) is 0 Å². The van der Waals surface area contributed by atoms with E-state index in [2.05, 4.69) is 54.4 Å². The van der Waals surface area contributed by atoms with Crippen molar-refractivity contribution < 1.29 is 0 Å². The first kappa shape index (κ1) is 14.2. The first-order valence-corrected chi connectivity index (χ1v) is 6.66. The fourth-order valence-corrected chi connectivity index (χ4v) is 1.78. The number of hydrogen-bond donors (Lipinski definition) is 1. The summed E-state index contributed by atoms with van der Waals surface area (Å²) in [6, 6.07) is 11.4. The Morgan fingerprint density at radius 2 is 1.65 bits per heavy atom. The minimum atomic E-state index is 0.634. The Morgan fingerprint density at radius 3 is 2.12 bits per heavy atom. The van der Waals surface area contributed by atoms with Crippen molar-refractivity contribution in [3.63, 3.8) is 0 Å². The second kappa shape index (κ2) is 8.26. The third-order valence-corrected chi connectivity index (χ3v) is 3.03. The Kier molecular flexibility index (Phi) is 6.90. The van der Waals surface area contributed by atoms with Crippen LogP contribution in [0.3, 0.4) is 0 Å². The second-order valence-corrected chi connectivity index (χ2v) is 4.91. The maximum absolute atomic E-state index is 3.03. The molecule has 0 radical (unpaired) electrons. The smallest absolute Gasteiger partial charge is 0.0233 e. The quantitative estimate of drug-likeness (QED) is 0.865. The van der Waals surface area contributed by atoms with E-state index in [1.165, 1.54) is 31.5 Å². The summed E-state index contributed by atoms with van der Waals surface area (Å²) in [4.78, 5) is 2.52. The Balaban J connectivity index is 0.000000249.